The number of hydrogen-bond donors (Lipinski definition) is 1. The van der Waals surface area contributed by atoms with Crippen LogP contribution in [0.15, 0.2) is 18.2 Å². The molecule has 0 unspecified atom stereocenters. The molecule has 4 nitrogen and oxygen atoms in total. The molecular weight excluding hydrogens is 259 g/mol. The van der Waals surface area contributed by atoms with E-state index >= 15 is 0 Å². The summed E-state index contributed by atoms with van der Waals surface area (Å²) in [5.74, 6) is -4.81. The molecule has 2 rings (SSSR count). The van der Waals surface area contributed by atoms with Gasteiger partial charge in [-0.15, -0.1) is 0 Å². The first-order valence-corrected chi connectivity index (χ1v) is 5.35. The minimum absolute atomic E-state index is 0.310. The number of halogens is 3. The van der Waals surface area contributed by atoms with E-state index in [1.807, 2.05) is 0 Å². The molecule has 0 aliphatic rings. The summed E-state index contributed by atoms with van der Waals surface area (Å²) in [4.78, 5) is 11.8. The topological polar surface area (TPSA) is 46.9 Å². The van der Waals surface area contributed by atoms with Gasteiger partial charge in [0.25, 0.3) is 5.91 Å². The molecule has 0 fully saturated rings. The average molecular weight is 269 g/mol. The summed E-state index contributed by atoms with van der Waals surface area (Å²) in [5.41, 5.74) is 0.365. The van der Waals surface area contributed by atoms with E-state index in [4.69, 9.17) is 0 Å². The largest absolute Gasteiger partial charge is 0.307 e. The van der Waals surface area contributed by atoms with Crippen molar-refractivity contribution in [3.8, 4) is 0 Å². The van der Waals surface area contributed by atoms with Crippen LogP contribution in [0.5, 0.6) is 0 Å². The number of rotatable bonds is 2. The molecule has 1 aromatic heterocycles. The van der Waals surface area contributed by atoms with E-state index in [0.29, 0.717) is 23.6 Å². The third-order valence-corrected chi connectivity index (χ3v) is 2.49. The van der Waals surface area contributed by atoms with Crippen molar-refractivity contribution >= 4 is 11.7 Å². The first kappa shape index (κ1) is 13.1. The summed E-state index contributed by atoms with van der Waals surface area (Å²) in [6.45, 7) is 1.73. The van der Waals surface area contributed by atoms with Gasteiger partial charge in [0, 0.05) is 18.7 Å². The van der Waals surface area contributed by atoms with Crippen LogP contribution < -0.4 is 5.32 Å². The molecule has 1 N–H and O–H groups in total. The van der Waals surface area contributed by atoms with Crippen molar-refractivity contribution in [3.63, 3.8) is 0 Å². The molecule has 0 saturated carbocycles. The predicted molar refractivity (Wildman–Crippen MR) is 62.2 cm³/mol. The van der Waals surface area contributed by atoms with Crippen LogP contribution in [0.1, 0.15) is 16.1 Å². The highest BCUT2D eigenvalue weighted by atomic mass is 19.2. The van der Waals surface area contributed by atoms with Crippen molar-refractivity contribution in [2.24, 2.45) is 7.05 Å². The van der Waals surface area contributed by atoms with Gasteiger partial charge in [0.2, 0.25) is 0 Å². The van der Waals surface area contributed by atoms with Gasteiger partial charge >= 0.3 is 0 Å². The van der Waals surface area contributed by atoms with Crippen LogP contribution in [0.4, 0.5) is 19.0 Å². The molecular formula is C12H10F3N3O. The lowest BCUT2D eigenvalue weighted by atomic mass is 10.2. The van der Waals surface area contributed by atoms with E-state index in [1.54, 1.807) is 20.0 Å². The standard InChI is InChI=1S/C12H10F3N3O/c1-6-3-10(18(2)17-6)16-12(19)7-4-8(13)11(15)9(14)5-7/h3-5H,1-2H3,(H,16,19). The van der Waals surface area contributed by atoms with E-state index in [-0.39, 0.29) is 5.56 Å². The van der Waals surface area contributed by atoms with Crippen LogP contribution in [0, 0.1) is 24.4 Å². The zero-order valence-corrected chi connectivity index (χ0v) is 10.2. The number of hydrogen-bond acceptors (Lipinski definition) is 2. The SMILES string of the molecule is Cc1cc(NC(=O)c2cc(F)c(F)c(F)c2)n(C)n1. The molecule has 2 aromatic rings. The monoisotopic (exact) mass is 269 g/mol. The quantitative estimate of drug-likeness (QED) is 0.851. The lowest BCUT2D eigenvalue weighted by Crippen LogP contribution is -2.15. The molecule has 100 valence electrons. The first-order valence-electron chi connectivity index (χ1n) is 5.35. The summed E-state index contributed by atoms with van der Waals surface area (Å²) in [6.07, 6.45) is 0. The number of aryl methyl sites for hydroxylation is 2. The fraction of sp³-hybridized carbons (Fsp3) is 0.167. The van der Waals surface area contributed by atoms with Gasteiger partial charge in [-0.1, -0.05) is 0 Å². The maximum atomic E-state index is 13.0. The normalized spacial score (nSPS) is 10.6. The predicted octanol–water partition coefficient (Wildman–Crippen LogP) is 2.40. The molecule has 0 atom stereocenters. The van der Waals surface area contributed by atoms with Crippen molar-refractivity contribution in [2.75, 3.05) is 5.32 Å². The van der Waals surface area contributed by atoms with Gasteiger partial charge in [-0.3, -0.25) is 9.48 Å². The van der Waals surface area contributed by atoms with Gasteiger partial charge in [-0.25, -0.2) is 13.2 Å². The van der Waals surface area contributed by atoms with E-state index in [2.05, 4.69) is 10.4 Å². The van der Waals surface area contributed by atoms with Gasteiger partial charge in [0.05, 0.1) is 5.69 Å². The molecule has 0 bridgehead atoms. The van der Waals surface area contributed by atoms with Crippen molar-refractivity contribution in [1.29, 1.82) is 0 Å². The Morgan fingerprint density at radius 2 is 1.79 bits per heavy atom. The molecule has 0 saturated heterocycles. The molecule has 0 aliphatic heterocycles. The Morgan fingerprint density at radius 1 is 1.21 bits per heavy atom. The fourth-order valence-electron chi connectivity index (χ4n) is 1.60. The van der Waals surface area contributed by atoms with Crippen molar-refractivity contribution < 1.29 is 18.0 Å². The van der Waals surface area contributed by atoms with Crippen LogP contribution in [0.3, 0.4) is 0 Å². The van der Waals surface area contributed by atoms with E-state index < -0.39 is 23.4 Å². The third kappa shape index (κ3) is 2.59. The molecule has 1 amide bonds. The molecule has 19 heavy (non-hydrogen) atoms. The van der Waals surface area contributed by atoms with Crippen LogP contribution in [-0.4, -0.2) is 15.7 Å². The molecule has 7 heteroatoms. The molecule has 0 spiro atoms. The minimum Gasteiger partial charge on any atom is -0.307 e. The number of nitrogens with one attached hydrogen (secondary N) is 1. The summed E-state index contributed by atoms with van der Waals surface area (Å²) in [7, 11) is 1.61. The number of nitrogens with zero attached hydrogens (tertiary/aromatic N) is 2. The molecule has 0 radical (unpaired) electrons. The second kappa shape index (κ2) is 4.75. The molecule has 1 aromatic carbocycles. The zero-order chi connectivity index (χ0) is 14.2. The number of amides is 1. The summed E-state index contributed by atoms with van der Waals surface area (Å²) >= 11 is 0. The van der Waals surface area contributed by atoms with Gasteiger partial charge in [0.15, 0.2) is 17.5 Å². The van der Waals surface area contributed by atoms with Crippen LogP contribution in [0.2, 0.25) is 0 Å². The minimum atomic E-state index is -1.60. The van der Waals surface area contributed by atoms with Gasteiger partial charge in [-0.05, 0) is 19.1 Å². The third-order valence-electron chi connectivity index (χ3n) is 2.49. The highest BCUT2D eigenvalue weighted by molar-refractivity contribution is 6.03. The second-order valence-corrected chi connectivity index (χ2v) is 4.00. The Kier molecular flexibility index (Phi) is 3.28. The van der Waals surface area contributed by atoms with Gasteiger partial charge in [-0.2, -0.15) is 5.10 Å². The van der Waals surface area contributed by atoms with E-state index in [0.717, 1.165) is 0 Å². The van der Waals surface area contributed by atoms with E-state index in [9.17, 15) is 18.0 Å². The van der Waals surface area contributed by atoms with Crippen LogP contribution >= 0.6 is 0 Å². The maximum Gasteiger partial charge on any atom is 0.257 e. The van der Waals surface area contributed by atoms with Gasteiger partial charge < -0.3 is 5.32 Å². The van der Waals surface area contributed by atoms with Crippen LogP contribution in [0.25, 0.3) is 0 Å². The molecule has 1 heterocycles. The highest BCUT2D eigenvalue weighted by Gasteiger charge is 2.16. The summed E-state index contributed by atoms with van der Waals surface area (Å²) in [6, 6.07) is 2.86. The average Bonchev–Trinajstić information content (AvgIpc) is 2.64. The fourth-order valence-corrected chi connectivity index (χ4v) is 1.60. The maximum absolute atomic E-state index is 13.0. The Bertz CT molecular complexity index is 629. The van der Waals surface area contributed by atoms with Crippen molar-refractivity contribution in [3.05, 3.63) is 46.9 Å². The van der Waals surface area contributed by atoms with Crippen LogP contribution in [-0.2, 0) is 7.05 Å². The van der Waals surface area contributed by atoms with Gasteiger partial charge in [0.1, 0.15) is 5.82 Å². The lowest BCUT2D eigenvalue weighted by Gasteiger charge is -2.06. The second-order valence-electron chi connectivity index (χ2n) is 4.00. The smallest absolute Gasteiger partial charge is 0.257 e. The van der Waals surface area contributed by atoms with Crippen molar-refractivity contribution in [2.45, 2.75) is 6.92 Å². The molecule has 0 aliphatic carbocycles. The number of carbonyl (C=O) groups is 1. The zero-order valence-electron chi connectivity index (χ0n) is 10.2. The Labute approximate surface area is 106 Å². The summed E-state index contributed by atoms with van der Waals surface area (Å²) in [5, 5.41) is 6.43. The van der Waals surface area contributed by atoms with Crippen molar-refractivity contribution in [1.82, 2.24) is 9.78 Å². The Hall–Kier alpha value is -2.31. The highest BCUT2D eigenvalue weighted by Crippen LogP contribution is 2.15. The number of aromatic nitrogens is 2. The Balaban J connectivity index is 2.28. The summed E-state index contributed by atoms with van der Waals surface area (Å²) < 4.78 is 40.2. The van der Waals surface area contributed by atoms with E-state index in [1.165, 1.54) is 4.68 Å². The Morgan fingerprint density at radius 3 is 2.26 bits per heavy atom. The lowest BCUT2D eigenvalue weighted by molar-refractivity contribution is 0.102. The first-order chi connectivity index (χ1) is 8.88. The number of anilines is 1. The number of benzene rings is 1. The number of carbonyl (C=O) groups excluding carboxylic acids is 1.